The van der Waals surface area contributed by atoms with Gasteiger partial charge in [0.2, 0.25) is 6.29 Å². The Bertz CT molecular complexity index is 442. The van der Waals surface area contributed by atoms with Crippen LogP contribution in [-0.4, -0.2) is 74.1 Å². The number of carbonyl (C=O) groups is 2. The topological polar surface area (TPSA) is 134 Å². The van der Waals surface area contributed by atoms with Crippen LogP contribution in [0.25, 0.3) is 0 Å². The summed E-state index contributed by atoms with van der Waals surface area (Å²) in [5.74, 6) is -0.991. The Hall–Kier alpha value is -0.520. The van der Waals surface area contributed by atoms with E-state index in [1.807, 2.05) is 21.6 Å². The van der Waals surface area contributed by atoms with Crippen LogP contribution in [0.1, 0.15) is 32.1 Å². The smallest absolute Gasteiger partial charge is 0.335 e. The van der Waals surface area contributed by atoms with Gasteiger partial charge < -0.3 is 29.9 Å². The molecule has 2 saturated heterocycles. The lowest BCUT2D eigenvalue weighted by Crippen LogP contribution is -2.60. The number of carboxylic acid groups (broad SMARTS) is 1. The van der Waals surface area contributed by atoms with Gasteiger partial charge in [0, 0.05) is 17.4 Å². The third-order valence-corrected chi connectivity index (χ3v) is 6.95. The van der Waals surface area contributed by atoms with Gasteiger partial charge in [0.1, 0.15) is 18.3 Å². The molecule has 4 N–H and O–H groups in total. The molecule has 2 rings (SSSR count). The first-order valence-corrected chi connectivity index (χ1v) is 10.2. The van der Waals surface area contributed by atoms with Crippen molar-refractivity contribution in [3.63, 3.8) is 0 Å². The first-order valence-electron chi connectivity index (χ1n) is 7.80. The van der Waals surface area contributed by atoms with Crippen LogP contribution >= 0.6 is 21.6 Å². The van der Waals surface area contributed by atoms with Crippen molar-refractivity contribution in [2.75, 3.05) is 5.75 Å². The zero-order chi connectivity index (χ0) is 17.7. The highest BCUT2D eigenvalue weighted by molar-refractivity contribution is 8.77. The molecule has 0 spiro atoms. The van der Waals surface area contributed by atoms with E-state index in [0.29, 0.717) is 11.7 Å². The van der Waals surface area contributed by atoms with E-state index in [4.69, 9.17) is 14.6 Å². The molecule has 0 amide bonds. The maximum absolute atomic E-state index is 11.8. The van der Waals surface area contributed by atoms with Crippen LogP contribution in [0.15, 0.2) is 0 Å². The zero-order valence-electron chi connectivity index (χ0n) is 12.9. The highest BCUT2D eigenvalue weighted by Gasteiger charge is 2.48. The number of aliphatic hydroxyl groups is 3. The molecule has 0 saturated carbocycles. The third-order valence-electron chi connectivity index (χ3n) is 3.94. The molecule has 2 fully saturated rings. The van der Waals surface area contributed by atoms with Gasteiger partial charge in [-0.1, -0.05) is 28.0 Å². The Morgan fingerprint density at radius 2 is 1.88 bits per heavy atom. The van der Waals surface area contributed by atoms with E-state index in [1.54, 1.807) is 0 Å². The van der Waals surface area contributed by atoms with Crippen molar-refractivity contribution in [3.8, 4) is 0 Å². The predicted octanol–water partition coefficient (Wildman–Crippen LogP) is 0.136. The molecule has 0 bridgehead atoms. The Balaban J connectivity index is 1.74. The Morgan fingerprint density at radius 3 is 2.50 bits per heavy atom. The van der Waals surface area contributed by atoms with E-state index in [2.05, 4.69) is 0 Å². The third kappa shape index (κ3) is 5.24. The standard InChI is InChI=1S/C14H22O8S2/c15-8(4-2-1-3-7-5-6-23-24-7)21-14-11(18)9(16)10(17)12(22-14)13(19)20/h7,9-12,14,16-18H,1-6H2,(H,19,20)/t7-,9+,10+,11?,12?,14-/m1/s1. The number of aliphatic hydroxyl groups excluding tert-OH is 3. The molecule has 0 aliphatic carbocycles. The summed E-state index contributed by atoms with van der Waals surface area (Å²) in [6, 6.07) is 0. The molecule has 0 aromatic heterocycles. The Morgan fingerprint density at radius 1 is 1.12 bits per heavy atom. The molecule has 0 aromatic rings. The second kappa shape index (κ2) is 9.25. The first-order chi connectivity index (χ1) is 11.4. The van der Waals surface area contributed by atoms with Gasteiger partial charge in [-0.05, 0) is 19.3 Å². The summed E-state index contributed by atoms with van der Waals surface area (Å²) in [7, 11) is 3.74. The van der Waals surface area contributed by atoms with Gasteiger partial charge in [-0.2, -0.15) is 0 Å². The summed E-state index contributed by atoms with van der Waals surface area (Å²) in [4.78, 5) is 22.8. The minimum atomic E-state index is -1.80. The summed E-state index contributed by atoms with van der Waals surface area (Å²) in [5, 5.41) is 38.5. The molecule has 2 aliphatic rings. The van der Waals surface area contributed by atoms with E-state index in [-0.39, 0.29) is 6.42 Å². The number of esters is 1. The van der Waals surface area contributed by atoms with Crippen molar-refractivity contribution < 1.29 is 39.5 Å². The van der Waals surface area contributed by atoms with Crippen LogP contribution < -0.4 is 0 Å². The van der Waals surface area contributed by atoms with Crippen LogP contribution in [0.3, 0.4) is 0 Å². The van der Waals surface area contributed by atoms with E-state index < -0.39 is 42.6 Å². The van der Waals surface area contributed by atoms with Gasteiger partial charge in [0.25, 0.3) is 0 Å². The second-order valence-corrected chi connectivity index (χ2v) is 8.59. The number of hydrogen-bond acceptors (Lipinski definition) is 9. The SMILES string of the molecule is O=C(CCCC[C@@H]1CCSS1)O[C@@H]1OC(C(=O)O)[C@@H](O)[C@H](O)C1O. The number of ether oxygens (including phenoxy) is 2. The number of unbranched alkanes of at least 4 members (excludes halogenated alkanes) is 1. The van der Waals surface area contributed by atoms with Gasteiger partial charge in [0.15, 0.2) is 6.10 Å². The van der Waals surface area contributed by atoms with Crippen molar-refractivity contribution in [1.29, 1.82) is 0 Å². The maximum Gasteiger partial charge on any atom is 0.335 e. The monoisotopic (exact) mass is 382 g/mol. The molecule has 24 heavy (non-hydrogen) atoms. The van der Waals surface area contributed by atoms with Crippen molar-refractivity contribution in [1.82, 2.24) is 0 Å². The molecular formula is C14H22O8S2. The second-order valence-electron chi connectivity index (χ2n) is 5.80. The van der Waals surface area contributed by atoms with E-state index in [0.717, 1.165) is 18.6 Å². The predicted molar refractivity (Wildman–Crippen MR) is 87.3 cm³/mol. The van der Waals surface area contributed by atoms with Crippen molar-refractivity contribution >= 4 is 33.5 Å². The number of carbonyl (C=O) groups excluding carboxylic acids is 1. The molecule has 2 aliphatic heterocycles. The van der Waals surface area contributed by atoms with Crippen LogP contribution in [-0.2, 0) is 19.1 Å². The van der Waals surface area contributed by atoms with Gasteiger partial charge in [-0.15, -0.1) is 0 Å². The van der Waals surface area contributed by atoms with Crippen LogP contribution in [0.4, 0.5) is 0 Å². The largest absolute Gasteiger partial charge is 0.479 e. The average molecular weight is 382 g/mol. The summed E-state index contributed by atoms with van der Waals surface area (Å²) in [5.41, 5.74) is 0. The van der Waals surface area contributed by atoms with Crippen LogP contribution in [0.5, 0.6) is 0 Å². The van der Waals surface area contributed by atoms with Gasteiger partial charge >= 0.3 is 11.9 Å². The molecule has 8 nitrogen and oxygen atoms in total. The highest BCUT2D eigenvalue weighted by atomic mass is 33.1. The first kappa shape index (κ1) is 19.8. The lowest BCUT2D eigenvalue weighted by Gasteiger charge is -2.37. The maximum atomic E-state index is 11.8. The van der Waals surface area contributed by atoms with Gasteiger partial charge in [0.05, 0.1) is 0 Å². The number of aliphatic carboxylic acids is 1. The molecule has 10 heteroatoms. The van der Waals surface area contributed by atoms with Gasteiger partial charge in [-0.3, -0.25) is 4.79 Å². The fraction of sp³-hybridized carbons (Fsp3) is 0.857. The normalized spacial score (nSPS) is 36.5. The molecule has 2 heterocycles. The summed E-state index contributed by atoms with van der Waals surface area (Å²) in [6.07, 6.45) is -4.82. The molecule has 2 unspecified atom stereocenters. The lowest BCUT2D eigenvalue weighted by atomic mass is 9.99. The molecular weight excluding hydrogens is 360 g/mol. The lowest BCUT2D eigenvalue weighted by molar-refractivity contribution is -0.286. The van der Waals surface area contributed by atoms with E-state index in [9.17, 15) is 24.9 Å². The fourth-order valence-electron chi connectivity index (χ4n) is 2.54. The Kier molecular flexibility index (Phi) is 7.63. The van der Waals surface area contributed by atoms with Crippen LogP contribution in [0.2, 0.25) is 0 Å². The molecule has 138 valence electrons. The minimum Gasteiger partial charge on any atom is -0.479 e. The summed E-state index contributed by atoms with van der Waals surface area (Å²) in [6.45, 7) is 0. The summed E-state index contributed by atoms with van der Waals surface area (Å²) < 4.78 is 9.81. The van der Waals surface area contributed by atoms with E-state index in [1.165, 1.54) is 6.42 Å². The highest BCUT2D eigenvalue weighted by Crippen LogP contribution is 2.39. The van der Waals surface area contributed by atoms with Crippen molar-refractivity contribution in [2.45, 2.75) is 68.1 Å². The number of hydrogen-bond donors (Lipinski definition) is 4. The quantitative estimate of drug-likeness (QED) is 0.274. The zero-order valence-corrected chi connectivity index (χ0v) is 14.6. The molecule has 6 atom stereocenters. The van der Waals surface area contributed by atoms with Crippen LogP contribution in [0, 0.1) is 0 Å². The number of rotatable bonds is 7. The molecule has 0 aromatic carbocycles. The van der Waals surface area contributed by atoms with Gasteiger partial charge in [-0.25, -0.2) is 4.79 Å². The molecule has 0 radical (unpaired) electrons. The minimum absolute atomic E-state index is 0.119. The van der Waals surface area contributed by atoms with Crippen molar-refractivity contribution in [3.05, 3.63) is 0 Å². The Labute approximate surface area is 147 Å². The number of carboxylic acids is 1. The summed E-state index contributed by atoms with van der Waals surface area (Å²) >= 11 is 0. The average Bonchev–Trinajstić information content (AvgIpc) is 3.05. The fourth-order valence-corrected chi connectivity index (χ4v) is 5.57. The van der Waals surface area contributed by atoms with Crippen molar-refractivity contribution in [2.24, 2.45) is 0 Å². The van der Waals surface area contributed by atoms with E-state index >= 15 is 0 Å².